The number of benzene rings is 2. The van der Waals surface area contributed by atoms with Crippen molar-refractivity contribution in [1.82, 2.24) is 4.98 Å². The molecule has 0 bridgehead atoms. The molecule has 25 heavy (non-hydrogen) atoms. The number of carbonyl (C=O) groups is 1. The lowest BCUT2D eigenvalue weighted by molar-refractivity contribution is 0.102. The Kier molecular flexibility index (Phi) is 5.53. The van der Waals surface area contributed by atoms with Crippen molar-refractivity contribution in [3.63, 3.8) is 0 Å². The third-order valence-corrected chi connectivity index (χ3v) is 4.25. The van der Waals surface area contributed by atoms with E-state index < -0.39 is 0 Å². The first-order chi connectivity index (χ1) is 12.2. The number of ether oxygens (including phenoxy) is 2. The van der Waals surface area contributed by atoms with Gasteiger partial charge in [-0.1, -0.05) is 17.7 Å². The summed E-state index contributed by atoms with van der Waals surface area (Å²) in [6.07, 6.45) is 0. The van der Waals surface area contributed by atoms with Crippen LogP contribution in [0.25, 0.3) is 0 Å². The normalized spacial score (nSPS) is 10.3. The van der Waals surface area contributed by atoms with Crippen molar-refractivity contribution < 1.29 is 14.3 Å². The van der Waals surface area contributed by atoms with Crippen LogP contribution >= 0.6 is 22.9 Å². The van der Waals surface area contributed by atoms with Crippen molar-refractivity contribution in [2.24, 2.45) is 0 Å². The van der Waals surface area contributed by atoms with Gasteiger partial charge in [-0.2, -0.15) is 0 Å². The van der Waals surface area contributed by atoms with Crippen molar-refractivity contribution in [1.29, 1.82) is 0 Å². The summed E-state index contributed by atoms with van der Waals surface area (Å²) in [5.74, 6) is 0.854. The summed E-state index contributed by atoms with van der Waals surface area (Å²) < 4.78 is 10.9. The Morgan fingerprint density at radius 1 is 1.28 bits per heavy atom. The molecule has 3 aromatic rings. The highest BCUT2D eigenvalue weighted by Gasteiger charge is 2.11. The van der Waals surface area contributed by atoms with Crippen molar-refractivity contribution in [3.8, 4) is 11.5 Å². The SMILES string of the molecule is COc1ccc(Cl)cc1NC(=O)c1cccc(OCc2cscn2)c1. The van der Waals surface area contributed by atoms with Gasteiger partial charge in [0.25, 0.3) is 5.91 Å². The van der Waals surface area contributed by atoms with Gasteiger partial charge in [0, 0.05) is 16.0 Å². The summed E-state index contributed by atoms with van der Waals surface area (Å²) in [6, 6.07) is 12.0. The highest BCUT2D eigenvalue weighted by atomic mass is 35.5. The molecule has 0 aliphatic carbocycles. The molecule has 0 aliphatic rings. The molecule has 0 saturated heterocycles. The van der Waals surface area contributed by atoms with E-state index >= 15 is 0 Å². The fraction of sp³-hybridized carbons (Fsp3) is 0.111. The van der Waals surface area contributed by atoms with E-state index in [2.05, 4.69) is 10.3 Å². The molecule has 0 saturated carbocycles. The average molecular weight is 375 g/mol. The highest BCUT2D eigenvalue weighted by molar-refractivity contribution is 7.07. The third kappa shape index (κ3) is 4.49. The molecule has 2 aromatic carbocycles. The minimum absolute atomic E-state index is 0.278. The van der Waals surface area contributed by atoms with Gasteiger partial charge in [0.2, 0.25) is 0 Å². The fourth-order valence-electron chi connectivity index (χ4n) is 2.17. The Bertz CT molecular complexity index is 869. The highest BCUT2D eigenvalue weighted by Crippen LogP contribution is 2.28. The smallest absolute Gasteiger partial charge is 0.255 e. The molecule has 0 radical (unpaired) electrons. The van der Waals surface area contributed by atoms with Gasteiger partial charge in [-0.05, 0) is 36.4 Å². The number of thiazole rings is 1. The number of carbonyl (C=O) groups excluding carboxylic acids is 1. The maximum absolute atomic E-state index is 12.5. The van der Waals surface area contributed by atoms with Crippen LogP contribution in [0.1, 0.15) is 16.1 Å². The van der Waals surface area contributed by atoms with Crippen LogP contribution in [0.5, 0.6) is 11.5 Å². The Labute approximate surface area is 154 Å². The average Bonchev–Trinajstić information content (AvgIpc) is 3.14. The second-order valence-electron chi connectivity index (χ2n) is 5.10. The van der Waals surface area contributed by atoms with Crippen LogP contribution in [0.3, 0.4) is 0 Å². The van der Waals surface area contributed by atoms with Crippen LogP contribution in [-0.4, -0.2) is 18.0 Å². The van der Waals surface area contributed by atoms with Crippen LogP contribution in [0.4, 0.5) is 5.69 Å². The standard InChI is InChI=1S/C18H15ClN2O3S/c1-23-17-6-5-13(19)8-16(17)21-18(22)12-3-2-4-15(7-12)24-9-14-10-25-11-20-14/h2-8,10-11H,9H2,1H3,(H,21,22). The molecule has 0 unspecified atom stereocenters. The number of anilines is 1. The Hall–Kier alpha value is -2.57. The van der Waals surface area contributed by atoms with Gasteiger partial charge < -0.3 is 14.8 Å². The summed E-state index contributed by atoms with van der Waals surface area (Å²) in [7, 11) is 1.53. The lowest BCUT2D eigenvalue weighted by atomic mass is 10.2. The topological polar surface area (TPSA) is 60.5 Å². The molecular formula is C18H15ClN2O3S. The number of nitrogens with one attached hydrogen (secondary N) is 1. The largest absolute Gasteiger partial charge is 0.495 e. The predicted octanol–water partition coefficient (Wildman–Crippen LogP) is 4.64. The summed E-state index contributed by atoms with van der Waals surface area (Å²) in [5.41, 5.74) is 3.58. The molecule has 1 N–H and O–H groups in total. The van der Waals surface area contributed by atoms with Crippen LogP contribution in [-0.2, 0) is 6.61 Å². The first-order valence-electron chi connectivity index (χ1n) is 7.40. The lowest BCUT2D eigenvalue weighted by Crippen LogP contribution is -2.12. The number of rotatable bonds is 6. The maximum atomic E-state index is 12.5. The van der Waals surface area contributed by atoms with Crippen LogP contribution in [0.2, 0.25) is 5.02 Å². The van der Waals surface area contributed by atoms with Crippen LogP contribution in [0.15, 0.2) is 53.4 Å². The third-order valence-electron chi connectivity index (χ3n) is 3.38. The van der Waals surface area contributed by atoms with Gasteiger partial charge in [0.1, 0.15) is 18.1 Å². The summed E-state index contributed by atoms with van der Waals surface area (Å²) in [6.45, 7) is 0.358. The lowest BCUT2D eigenvalue weighted by Gasteiger charge is -2.11. The molecule has 1 aromatic heterocycles. The van der Waals surface area contributed by atoms with E-state index in [1.165, 1.54) is 18.4 Å². The number of nitrogens with zero attached hydrogens (tertiary/aromatic N) is 1. The van der Waals surface area contributed by atoms with Crippen molar-refractivity contribution >= 4 is 34.5 Å². The van der Waals surface area contributed by atoms with Gasteiger partial charge in [-0.3, -0.25) is 4.79 Å². The molecular weight excluding hydrogens is 360 g/mol. The van der Waals surface area contributed by atoms with Crippen LogP contribution in [0, 0.1) is 0 Å². The second-order valence-corrected chi connectivity index (χ2v) is 6.25. The maximum Gasteiger partial charge on any atom is 0.255 e. The monoisotopic (exact) mass is 374 g/mol. The zero-order valence-electron chi connectivity index (χ0n) is 13.4. The quantitative estimate of drug-likeness (QED) is 0.683. The number of hydrogen-bond acceptors (Lipinski definition) is 5. The second kappa shape index (κ2) is 8.00. The van der Waals surface area contributed by atoms with Gasteiger partial charge in [-0.25, -0.2) is 4.98 Å². The van der Waals surface area contributed by atoms with E-state index in [9.17, 15) is 4.79 Å². The number of aromatic nitrogens is 1. The van der Waals surface area contributed by atoms with Crippen molar-refractivity contribution in [3.05, 3.63) is 69.6 Å². The molecule has 1 heterocycles. The molecule has 1 amide bonds. The molecule has 128 valence electrons. The molecule has 7 heteroatoms. The Morgan fingerprint density at radius 2 is 2.16 bits per heavy atom. The Morgan fingerprint density at radius 3 is 2.92 bits per heavy atom. The van der Waals surface area contributed by atoms with E-state index in [1.54, 1.807) is 48.0 Å². The zero-order chi connectivity index (χ0) is 17.6. The minimum atomic E-state index is -0.278. The van der Waals surface area contributed by atoms with E-state index in [-0.39, 0.29) is 5.91 Å². The Balaban J connectivity index is 1.72. The van der Waals surface area contributed by atoms with E-state index in [4.69, 9.17) is 21.1 Å². The van der Waals surface area contributed by atoms with E-state index in [0.29, 0.717) is 34.4 Å². The number of halogens is 1. The van der Waals surface area contributed by atoms with Gasteiger partial charge >= 0.3 is 0 Å². The fourth-order valence-corrected chi connectivity index (χ4v) is 2.88. The molecule has 0 fully saturated rings. The summed E-state index contributed by atoms with van der Waals surface area (Å²) in [4.78, 5) is 16.7. The van der Waals surface area contributed by atoms with E-state index in [1.807, 2.05) is 5.38 Å². The molecule has 0 atom stereocenters. The number of methoxy groups -OCH3 is 1. The van der Waals surface area contributed by atoms with Crippen molar-refractivity contribution in [2.45, 2.75) is 6.61 Å². The van der Waals surface area contributed by atoms with Gasteiger partial charge in [-0.15, -0.1) is 11.3 Å². The molecule has 0 aliphatic heterocycles. The molecule has 3 rings (SSSR count). The minimum Gasteiger partial charge on any atom is -0.495 e. The van der Waals surface area contributed by atoms with E-state index in [0.717, 1.165) is 5.69 Å². The van der Waals surface area contributed by atoms with Crippen molar-refractivity contribution in [2.75, 3.05) is 12.4 Å². The van der Waals surface area contributed by atoms with Crippen LogP contribution < -0.4 is 14.8 Å². The first-order valence-corrected chi connectivity index (χ1v) is 8.72. The molecule has 0 spiro atoms. The first kappa shape index (κ1) is 17.3. The number of hydrogen-bond donors (Lipinski definition) is 1. The summed E-state index contributed by atoms with van der Waals surface area (Å²) in [5, 5.41) is 5.23. The van der Waals surface area contributed by atoms with Gasteiger partial charge in [0.15, 0.2) is 0 Å². The molecule has 5 nitrogen and oxygen atoms in total. The predicted molar refractivity (Wildman–Crippen MR) is 98.8 cm³/mol. The zero-order valence-corrected chi connectivity index (χ0v) is 14.9. The summed E-state index contributed by atoms with van der Waals surface area (Å²) >= 11 is 7.50. The number of amides is 1. The van der Waals surface area contributed by atoms with Gasteiger partial charge in [0.05, 0.1) is 24.0 Å².